The summed E-state index contributed by atoms with van der Waals surface area (Å²) in [4.78, 5) is 26.2. The highest BCUT2D eigenvalue weighted by Crippen LogP contribution is 2.44. The zero-order valence-electron chi connectivity index (χ0n) is 10.8. The lowest BCUT2D eigenvalue weighted by atomic mass is 9.74. The maximum Gasteiger partial charge on any atom is 0.229 e. The van der Waals surface area contributed by atoms with E-state index < -0.39 is 5.41 Å². The van der Waals surface area contributed by atoms with Gasteiger partial charge in [-0.3, -0.25) is 9.59 Å². The number of ketones is 1. The first-order chi connectivity index (χ1) is 8.06. The Balaban J connectivity index is 2.15. The molecule has 1 aliphatic heterocycles. The van der Waals surface area contributed by atoms with Gasteiger partial charge in [-0.05, 0) is 12.3 Å². The first-order valence-corrected chi connectivity index (χ1v) is 6.58. The van der Waals surface area contributed by atoms with Crippen molar-refractivity contribution in [3.05, 3.63) is 0 Å². The van der Waals surface area contributed by atoms with E-state index in [1.54, 1.807) is 0 Å². The van der Waals surface area contributed by atoms with Crippen LogP contribution in [-0.4, -0.2) is 42.8 Å². The summed E-state index contributed by atoms with van der Waals surface area (Å²) in [5, 5.41) is 3.25. The zero-order valence-corrected chi connectivity index (χ0v) is 10.8. The van der Waals surface area contributed by atoms with Gasteiger partial charge in [0.15, 0.2) is 0 Å². The lowest BCUT2D eigenvalue weighted by Crippen LogP contribution is -2.52. The van der Waals surface area contributed by atoms with Gasteiger partial charge in [0.25, 0.3) is 0 Å². The van der Waals surface area contributed by atoms with Crippen molar-refractivity contribution in [3.63, 3.8) is 0 Å². The highest BCUT2D eigenvalue weighted by molar-refractivity contribution is 5.93. The number of amides is 1. The van der Waals surface area contributed by atoms with Crippen molar-refractivity contribution in [2.24, 2.45) is 11.3 Å². The minimum Gasteiger partial charge on any atom is -0.340 e. The summed E-state index contributed by atoms with van der Waals surface area (Å²) < 4.78 is 0. The van der Waals surface area contributed by atoms with Crippen molar-refractivity contribution in [2.75, 3.05) is 26.2 Å². The SMILES string of the molecule is CC(C)[C@]1(C(=O)N2CCNCC2)CCC(=O)C1. The molecular formula is C13H22N2O2. The normalized spacial score (nSPS) is 30.1. The summed E-state index contributed by atoms with van der Waals surface area (Å²) in [7, 11) is 0. The van der Waals surface area contributed by atoms with Crippen LogP contribution in [0.15, 0.2) is 0 Å². The minimum atomic E-state index is -0.408. The zero-order chi connectivity index (χ0) is 12.5. The summed E-state index contributed by atoms with van der Waals surface area (Å²) in [6.07, 6.45) is 1.77. The molecule has 2 aliphatic rings. The van der Waals surface area contributed by atoms with Gasteiger partial charge in [-0.1, -0.05) is 13.8 Å². The maximum atomic E-state index is 12.7. The van der Waals surface area contributed by atoms with Gasteiger partial charge in [-0.25, -0.2) is 0 Å². The van der Waals surface area contributed by atoms with Crippen LogP contribution in [0.4, 0.5) is 0 Å². The molecule has 1 aliphatic carbocycles. The second-order valence-electron chi connectivity index (χ2n) is 5.57. The van der Waals surface area contributed by atoms with Gasteiger partial charge in [0.05, 0.1) is 5.41 Å². The van der Waals surface area contributed by atoms with E-state index in [9.17, 15) is 9.59 Å². The molecule has 0 spiro atoms. The van der Waals surface area contributed by atoms with E-state index in [2.05, 4.69) is 19.2 Å². The molecule has 0 aromatic heterocycles. The molecule has 1 atom stereocenters. The van der Waals surface area contributed by atoms with E-state index in [0.717, 1.165) is 32.6 Å². The molecule has 96 valence electrons. The third-order valence-corrected chi connectivity index (χ3v) is 4.30. The molecule has 1 saturated heterocycles. The van der Waals surface area contributed by atoms with Crippen LogP contribution in [-0.2, 0) is 9.59 Å². The molecule has 4 heteroatoms. The van der Waals surface area contributed by atoms with Crippen LogP contribution in [0.1, 0.15) is 33.1 Å². The van der Waals surface area contributed by atoms with Crippen molar-refractivity contribution in [3.8, 4) is 0 Å². The fourth-order valence-electron chi connectivity index (χ4n) is 3.00. The second-order valence-corrected chi connectivity index (χ2v) is 5.57. The second kappa shape index (κ2) is 4.77. The number of Topliss-reactive ketones (excluding diaryl/α,β-unsaturated/α-hetero) is 1. The number of carbonyl (C=O) groups is 2. The number of nitrogens with one attached hydrogen (secondary N) is 1. The van der Waals surface area contributed by atoms with Crippen LogP contribution in [0.3, 0.4) is 0 Å². The largest absolute Gasteiger partial charge is 0.340 e. The average molecular weight is 238 g/mol. The van der Waals surface area contributed by atoms with Gasteiger partial charge in [0.2, 0.25) is 5.91 Å². The number of hydrogen-bond acceptors (Lipinski definition) is 3. The van der Waals surface area contributed by atoms with Crippen LogP contribution in [0.25, 0.3) is 0 Å². The molecule has 0 unspecified atom stereocenters. The molecule has 2 rings (SSSR count). The molecule has 1 saturated carbocycles. The third kappa shape index (κ3) is 2.23. The molecule has 0 bridgehead atoms. The van der Waals surface area contributed by atoms with Crippen molar-refractivity contribution < 1.29 is 9.59 Å². The number of rotatable bonds is 2. The van der Waals surface area contributed by atoms with Crippen LogP contribution >= 0.6 is 0 Å². The highest BCUT2D eigenvalue weighted by atomic mass is 16.2. The van der Waals surface area contributed by atoms with E-state index in [-0.39, 0.29) is 17.6 Å². The number of nitrogens with zero attached hydrogens (tertiary/aromatic N) is 1. The fraction of sp³-hybridized carbons (Fsp3) is 0.846. The number of carbonyl (C=O) groups excluding carboxylic acids is 2. The first kappa shape index (κ1) is 12.6. The Morgan fingerprint density at radius 3 is 2.47 bits per heavy atom. The quantitative estimate of drug-likeness (QED) is 0.774. The van der Waals surface area contributed by atoms with Gasteiger partial charge in [-0.15, -0.1) is 0 Å². The Hall–Kier alpha value is -0.900. The summed E-state index contributed by atoms with van der Waals surface area (Å²) in [5.41, 5.74) is -0.408. The van der Waals surface area contributed by atoms with Crippen molar-refractivity contribution in [1.29, 1.82) is 0 Å². The van der Waals surface area contributed by atoms with Crippen molar-refractivity contribution in [1.82, 2.24) is 10.2 Å². The minimum absolute atomic E-state index is 0.208. The van der Waals surface area contributed by atoms with Crippen LogP contribution in [0.2, 0.25) is 0 Å². The van der Waals surface area contributed by atoms with Crippen LogP contribution < -0.4 is 5.32 Å². The fourth-order valence-corrected chi connectivity index (χ4v) is 3.00. The summed E-state index contributed by atoms with van der Waals surface area (Å²) in [5.74, 6) is 0.707. The Labute approximate surface area is 103 Å². The monoisotopic (exact) mass is 238 g/mol. The van der Waals surface area contributed by atoms with E-state index in [0.29, 0.717) is 12.8 Å². The standard InChI is InChI=1S/C13H22N2O2/c1-10(2)13(4-3-11(16)9-13)12(17)15-7-5-14-6-8-15/h10,14H,3-9H2,1-2H3/t13-/m0/s1. The summed E-state index contributed by atoms with van der Waals surface area (Å²) in [6, 6.07) is 0. The van der Waals surface area contributed by atoms with Crippen LogP contribution in [0.5, 0.6) is 0 Å². The molecule has 0 aromatic carbocycles. The van der Waals surface area contributed by atoms with E-state index in [1.807, 2.05) is 4.90 Å². The smallest absolute Gasteiger partial charge is 0.229 e. The molecular weight excluding hydrogens is 216 g/mol. The maximum absolute atomic E-state index is 12.7. The predicted octanol–water partition coefficient (Wildman–Crippen LogP) is 0.814. The third-order valence-electron chi connectivity index (χ3n) is 4.30. The average Bonchev–Trinajstić information content (AvgIpc) is 2.73. The lowest BCUT2D eigenvalue weighted by Gasteiger charge is -2.38. The van der Waals surface area contributed by atoms with Gasteiger partial charge >= 0.3 is 0 Å². The van der Waals surface area contributed by atoms with Crippen LogP contribution in [0, 0.1) is 11.3 Å². The van der Waals surface area contributed by atoms with Gasteiger partial charge in [0.1, 0.15) is 5.78 Å². The van der Waals surface area contributed by atoms with Gasteiger partial charge in [0, 0.05) is 39.0 Å². The molecule has 1 amide bonds. The predicted molar refractivity (Wildman–Crippen MR) is 65.6 cm³/mol. The van der Waals surface area contributed by atoms with Gasteiger partial charge < -0.3 is 10.2 Å². The number of piperazine rings is 1. The Kier molecular flexibility index (Phi) is 3.52. The molecule has 0 aromatic rings. The van der Waals surface area contributed by atoms with E-state index in [1.165, 1.54) is 0 Å². The molecule has 17 heavy (non-hydrogen) atoms. The molecule has 0 radical (unpaired) electrons. The molecule has 1 heterocycles. The van der Waals surface area contributed by atoms with E-state index >= 15 is 0 Å². The van der Waals surface area contributed by atoms with Crippen molar-refractivity contribution in [2.45, 2.75) is 33.1 Å². The Morgan fingerprint density at radius 1 is 1.35 bits per heavy atom. The Morgan fingerprint density at radius 2 is 2.00 bits per heavy atom. The molecule has 1 N–H and O–H groups in total. The van der Waals surface area contributed by atoms with E-state index in [4.69, 9.17) is 0 Å². The number of hydrogen-bond donors (Lipinski definition) is 1. The first-order valence-electron chi connectivity index (χ1n) is 6.58. The molecule has 4 nitrogen and oxygen atoms in total. The Bertz CT molecular complexity index is 321. The summed E-state index contributed by atoms with van der Waals surface area (Å²) >= 11 is 0. The lowest BCUT2D eigenvalue weighted by molar-refractivity contribution is -0.146. The topological polar surface area (TPSA) is 49.4 Å². The van der Waals surface area contributed by atoms with Crippen molar-refractivity contribution >= 4 is 11.7 Å². The summed E-state index contributed by atoms with van der Waals surface area (Å²) in [6.45, 7) is 7.43. The van der Waals surface area contributed by atoms with Gasteiger partial charge in [-0.2, -0.15) is 0 Å². The molecule has 2 fully saturated rings. The highest BCUT2D eigenvalue weighted by Gasteiger charge is 2.48.